The van der Waals surface area contributed by atoms with Crippen LogP contribution in [0, 0.1) is 0 Å². The van der Waals surface area contributed by atoms with E-state index in [9.17, 15) is 0 Å². The Labute approximate surface area is 230 Å². The molecule has 0 atom stereocenters. The second-order valence-corrected chi connectivity index (χ2v) is 10.7. The molecule has 40 heavy (non-hydrogen) atoms. The molecule has 3 heteroatoms. The first-order chi connectivity index (χ1) is 19.8. The number of aromatic nitrogens is 3. The molecule has 0 radical (unpaired) electrons. The Balaban J connectivity index is 1.42. The molecule has 9 rings (SSSR count). The maximum absolute atomic E-state index is 2.44. The van der Waals surface area contributed by atoms with Crippen LogP contribution in [-0.4, -0.2) is 13.7 Å². The average Bonchev–Trinajstić information content (AvgIpc) is 3.63. The van der Waals surface area contributed by atoms with Gasteiger partial charge in [-0.2, -0.15) is 0 Å². The Morgan fingerprint density at radius 1 is 0.375 bits per heavy atom. The lowest BCUT2D eigenvalue weighted by Gasteiger charge is -2.11. The highest BCUT2D eigenvalue weighted by Gasteiger charge is 2.19. The van der Waals surface area contributed by atoms with Gasteiger partial charge in [0, 0.05) is 50.6 Å². The zero-order chi connectivity index (χ0) is 26.4. The molecule has 3 nitrogen and oxygen atoms in total. The monoisotopic (exact) mass is 511 g/mol. The molecule has 0 saturated carbocycles. The maximum Gasteiger partial charge on any atom is 0.0562 e. The van der Waals surface area contributed by atoms with Gasteiger partial charge in [-0.1, -0.05) is 78.9 Å². The fourth-order valence-electron chi connectivity index (χ4n) is 6.94. The van der Waals surface area contributed by atoms with Gasteiger partial charge in [-0.25, -0.2) is 0 Å². The second-order valence-electron chi connectivity index (χ2n) is 10.7. The Morgan fingerprint density at radius 2 is 0.850 bits per heavy atom. The number of hydrogen-bond donors (Lipinski definition) is 0. The van der Waals surface area contributed by atoms with Gasteiger partial charge in [-0.05, 0) is 54.6 Å². The van der Waals surface area contributed by atoms with E-state index in [0.717, 1.165) is 0 Å². The number of hydrogen-bond acceptors (Lipinski definition) is 0. The van der Waals surface area contributed by atoms with Crippen molar-refractivity contribution < 1.29 is 0 Å². The fraction of sp³-hybridized carbons (Fsp3) is 0.0270. The minimum absolute atomic E-state index is 1.18. The van der Waals surface area contributed by atoms with Crippen LogP contribution in [0.2, 0.25) is 0 Å². The normalized spacial score (nSPS) is 12.1. The van der Waals surface area contributed by atoms with Crippen molar-refractivity contribution in [3.63, 3.8) is 0 Å². The number of aryl methyl sites for hydroxylation is 1. The molecule has 0 N–H and O–H groups in total. The largest absolute Gasteiger partial charge is 0.344 e. The SMILES string of the molecule is Cn1c2ccc(-n3c4ccccc4c4ccccc43)cc2c2c(-n3c4ccccc4c4ccccc43)cccc21. The molecule has 0 amide bonds. The molecule has 0 aliphatic carbocycles. The van der Waals surface area contributed by atoms with Gasteiger partial charge in [-0.3, -0.25) is 0 Å². The third kappa shape index (κ3) is 2.73. The fourth-order valence-corrected chi connectivity index (χ4v) is 6.94. The van der Waals surface area contributed by atoms with Crippen LogP contribution in [0.3, 0.4) is 0 Å². The van der Waals surface area contributed by atoms with Gasteiger partial charge in [-0.15, -0.1) is 0 Å². The minimum atomic E-state index is 1.18. The van der Waals surface area contributed by atoms with Crippen molar-refractivity contribution in [1.82, 2.24) is 13.7 Å². The summed E-state index contributed by atoms with van der Waals surface area (Å²) in [4.78, 5) is 0. The van der Waals surface area contributed by atoms with Gasteiger partial charge in [0.05, 0.1) is 33.3 Å². The van der Waals surface area contributed by atoms with Crippen molar-refractivity contribution in [2.45, 2.75) is 0 Å². The Bertz CT molecular complexity index is 2340. The summed E-state index contributed by atoms with van der Waals surface area (Å²) in [6, 6.07) is 48.6. The summed E-state index contributed by atoms with van der Waals surface area (Å²) in [6.45, 7) is 0. The summed E-state index contributed by atoms with van der Waals surface area (Å²) < 4.78 is 7.18. The zero-order valence-electron chi connectivity index (χ0n) is 22.0. The van der Waals surface area contributed by atoms with Gasteiger partial charge < -0.3 is 13.7 Å². The lowest BCUT2D eigenvalue weighted by Crippen LogP contribution is -1.95. The molecule has 6 aromatic carbocycles. The molecule has 0 bridgehead atoms. The van der Waals surface area contributed by atoms with Crippen molar-refractivity contribution in [2.24, 2.45) is 7.05 Å². The Morgan fingerprint density at radius 3 is 1.40 bits per heavy atom. The molecular formula is C37H25N3. The van der Waals surface area contributed by atoms with Gasteiger partial charge >= 0.3 is 0 Å². The summed E-state index contributed by atoms with van der Waals surface area (Å²) in [5, 5.41) is 7.65. The van der Waals surface area contributed by atoms with Crippen LogP contribution < -0.4 is 0 Å². The zero-order valence-corrected chi connectivity index (χ0v) is 22.0. The number of rotatable bonds is 2. The van der Waals surface area contributed by atoms with Crippen LogP contribution >= 0.6 is 0 Å². The Hall–Kier alpha value is -5.28. The molecule has 0 unspecified atom stereocenters. The average molecular weight is 512 g/mol. The van der Waals surface area contributed by atoms with E-state index in [4.69, 9.17) is 0 Å². The van der Waals surface area contributed by atoms with Crippen molar-refractivity contribution in [3.05, 3.63) is 133 Å². The van der Waals surface area contributed by atoms with E-state index in [0.29, 0.717) is 0 Å². The third-order valence-corrected chi connectivity index (χ3v) is 8.65. The van der Waals surface area contributed by atoms with Crippen LogP contribution in [0.15, 0.2) is 133 Å². The number of benzene rings is 6. The molecule has 3 aromatic heterocycles. The van der Waals surface area contributed by atoms with Gasteiger partial charge in [0.2, 0.25) is 0 Å². The molecule has 0 saturated heterocycles. The Kier molecular flexibility index (Phi) is 4.26. The summed E-state index contributed by atoms with van der Waals surface area (Å²) in [7, 11) is 2.18. The van der Waals surface area contributed by atoms with Gasteiger partial charge in [0.1, 0.15) is 0 Å². The van der Waals surface area contributed by atoms with E-state index in [1.165, 1.54) is 76.8 Å². The molecule has 0 spiro atoms. The summed E-state index contributed by atoms with van der Waals surface area (Å²) in [5.41, 5.74) is 9.76. The predicted molar refractivity (Wildman–Crippen MR) is 169 cm³/mol. The number of fused-ring (bicyclic) bond motifs is 9. The number of nitrogens with zero attached hydrogens (tertiary/aromatic N) is 3. The van der Waals surface area contributed by atoms with E-state index >= 15 is 0 Å². The highest BCUT2D eigenvalue weighted by molar-refractivity contribution is 6.16. The molecule has 3 heterocycles. The van der Waals surface area contributed by atoms with E-state index in [1.807, 2.05) is 0 Å². The molecule has 188 valence electrons. The highest BCUT2D eigenvalue weighted by atomic mass is 15.0. The van der Waals surface area contributed by atoms with E-state index in [1.54, 1.807) is 0 Å². The summed E-state index contributed by atoms with van der Waals surface area (Å²) >= 11 is 0. The maximum atomic E-state index is 2.44. The van der Waals surface area contributed by atoms with Crippen molar-refractivity contribution in [1.29, 1.82) is 0 Å². The van der Waals surface area contributed by atoms with Crippen LogP contribution in [0.5, 0.6) is 0 Å². The van der Waals surface area contributed by atoms with E-state index < -0.39 is 0 Å². The van der Waals surface area contributed by atoms with Crippen molar-refractivity contribution in [2.75, 3.05) is 0 Å². The summed E-state index contributed by atoms with van der Waals surface area (Å²) in [6.07, 6.45) is 0. The molecule has 0 aliphatic heterocycles. The first-order valence-electron chi connectivity index (χ1n) is 13.8. The molecular weight excluding hydrogens is 486 g/mol. The standard InChI is InChI=1S/C37H25N3/c1-38-30-22-21-24(39-31-15-6-2-11-25(31)26-12-3-7-16-32(26)39)23-29(30)37-35(38)19-10-20-36(37)40-33-17-8-4-13-27(33)28-14-5-9-18-34(28)40/h2-23H,1H3. The van der Waals surface area contributed by atoms with Gasteiger partial charge in [0.15, 0.2) is 0 Å². The third-order valence-electron chi connectivity index (χ3n) is 8.65. The number of para-hydroxylation sites is 4. The predicted octanol–water partition coefficient (Wildman–Crippen LogP) is 9.53. The van der Waals surface area contributed by atoms with Crippen LogP contribution in [0.25, 0.3) is 76.8 Å². The minimum Gasteiger partial charge on any atom is -0.344 e. The topological polar surface area (TPSA) is 14.8 Å². The molecule has 0 aliphatic rings. The van der Waals surface area contributed by atoms with Crippen LogP contribution in [0.4, 0.5) is 0 Å². The summed E-state index contributed by atoms with van der Waals surface area (Å²) in [5.74, 6) is 0. The van der Waals surface area contributed by atoms with Gasteiger partial charge in [0.25, 0.3) is 0 Å². The second kappa shape index (κ2) is 7.87. The lowest BCUT2D eigenvalue weighted by molar-refractivity contribution is 1.01. The molecule has 9 aromatic rings. The lowest BCUT2D eigenvalue weighted by atomic mass is 10.1. The molecule has 0 fully saturated rings. The first kappa shape index (κ1) is 21.6. The first-order valence-corrected chi connectivity index (χ1v) is 13.8. The smallest absolute Gasteiger partial charge is 0.0562 e. The van der Waals surface area contributed by atoms with Crippen molar-refractivity contribution in [3.8, 4) is 11.4 Å². The van der Waals surface area contributed by atoms with Crippen LogP contribution in [0.1, 0.15) is 0 Å². The van der Waals surface area contributed by atoms with Crippen LogP contribution in [-0.2, 0) is 7.05 Å². The highest BCUT2D eigenvalue weighted by Crippen LogP contribution is 2.40. The van der Waals surface area contributed by atoms with E-state index in [2.05, 4.69) is 154 Å². The van der Waals surface area contributed by atoms with Crippen molar-refractivity contribution >= 4 is 65.4 Å². The van der Waals surface area contributed by atoms with E-state index in [-0.39, 0.29) is 0 Å². The quantitative estimate of drug-likeness (QED) is 0.219.